The van der Waals surface area contributed by atoms with Crippen molar-refractivity contribution in [1.29, 1.82) is 0 Å². The Balaban J connectivity index is 1.94. The van der Waals surface area contributed by atoms with Crippen LogP contribution in [0.5, 0.6) is 0 Å². The van der Waals surface area contributed by atoms with E-state index in [0.717, 1.165) is 23.2 Å². The largest absolute Gasteiger partial charge is 0.350 e. The van der Waals surface area contributed by atoms with Crippen molar-refractivity contribution < 1.29 is 9.59 Å². The number of hydrogen-bond acceptors (Lipinski definition) is 3. The number of anilines is 1. The Hall–Kier alpha value is -2.69. The zero-order valence-corrected chi connectivity index (χ0v) is 15.0. The first kappa shape index (κ1) is 18.6. The lowest BCUT2D eigenvalue weighted by molar-refractivity contribution is -0.116. The molecule has 5 nitrogen and oxygen atoms in total. The molecule has 2 amide bonds. The minimum Gasteiger partial charge on any atom is -0.350 e. The zero-order valence-electron chi connectivity index (χ0n) is 15.0. The molecule has 0 saturated heterocycles. The fourth-order valence-corrected chi connectivity index (χ4v) is 2.37. The highest BCUT2D eigenvalue weighted by Crippen LogP contribution is 2.17. The van der Waals surface area contributed by atoms with Crippen LogP contribution in [-0.4, -0.2) is 22.8 Å². The Morgan fingerprint density at radius 1 is 1.16 bits per heavy atom. The maximum absolute atomic E-state index is 12.2. The molecule has 0 saturated carbocycles. The summed E-state index contributed by atoms with van der Waals surface area (Å²) in [4.78, 5) is 28.3. The number of carbonyl (C=O) groups excluding carboxylic acids is 2. The first-order chi connectivity index (χ1) is 12.0. The molecule has 25 heavy (non-hydrogen) atoms. The number of amides is 2. The number of rotatable bonds is 7. The molecule has 0 aliphatic heterocycles. The molecule has 0 aliphatic rings. The van der Waals surface area contributed by atoms with Crippen molar-refractivity contribution in [3.8, 4) is 0 Å². The van der Waals surface area contributed by atoms with Crippen LogP contribution >= 0.6 is 0 Å². The number of hydrogen-bond donors (Lipinski definition) is 2. The van der Waals surface area contributed by atoms with Gasteiger partial charge in [-0.15, -0.1) is 0 Å². The monoisotopic (exact) mass is 339 g/mol. The summed E-state index contributed by atoms with van der Waals surface area (Å²) in [6, 6.07) is 9.28. The quantitative estimate of drug-likeness (QED) is 0.811. The van der Waals surface area contributed by atoms with Gasteiger partial charge in [-0.2, -0.15) is 0 Å². The van der Waals surface area contributed by atoms with Gasteiger partial charge in [0, 0.05) is 36.1 Å². The highest BCUT2D eigenvalue weighted by atomic mass is 16.2. The van der Waals surface area contributed by atoms with Crippen molar-refractivity contribution in [2.45, 2.75) is 46.1 Å². The Kier molecular flexibility index (Phi) is 6.69. The summed E-state index contributed by atoms with van der Waals surface area (Å²) in [5.41, 5.74) is 3.29. The fraction of sp³-hybridized carbons (Fsp3) is 0.350. The molecule has 2 aromatic rings. The molecular formula is C20H25N3O2. The third-order valence-corrected chi connectivity index (χ3v) is 4.14. The van der Waals surface area contributed by atoms with Gasteiger partial charge >= 0.3 is 0 Å². The molecule has 0 aliphatic carbocycles. The molecule has 0 spiro atoms. The Bertz CT molecular complexity index is 729. The van der Waals surface area contributed by atoms with E-state index in [1.807, 2.05) is 32.9 Å². The van der Waals surface area contributed by atoms with Crippen LogP contribution in [0.2, 0.25) is 0 Å². The summed E-state index contributed by atoms with van der Waals surface area (Å²) in [6.07, 6.45) is 5.40. The van der Waals surface area contributed by atoms with Crippen LogP contribution in [0.4, 0.5) is 5.69 Å². The Labute approximate surface area is 148 Å². The third kappa shape index (κ3) is 5.71. The van der Waals surface area contributed by atoms with E-state index in [9.17, 15) is 9.59 Å². The number of aryl methyl sites for hydroxylation is 2. The molecule has 2 rings (SSSR count). The number of nitrogens with one attached hydrogen (secondary N) is 2. The van der Waals surface area contributed by atoms with Gasteiger partial charge in [0.15, 0.2) is 0 Å². The molecule has 0 bridgehead atoms. The number of benzene rings is 1. The molecule has 1 aromatic heterocycles. The van der Waals surface area contributed by atoms with Crippen molar-refractivity contribution in [2.75, 3.05) is 5.32 Å². The molecule has 2 N–H and O–H groups in total. The number of carbonyl (C=O) groups is 2. The molecular weight excluding hydrogens is 314 g/mol. The summed E-state index contributed by atoms with van der Waals surface area (Å²) >= 11 is 0. The van der Waals surface area contributed by atoms with Gasteiger partial charge in [0.25, 0.3) is 5.91 Å². The summed E-state index contributed by atoms with van der Waals surface area (Å²) in [7, 11) is 0. The van der Waals surface area contributed by atoms with E-state index in [0.29, 0.717) is 18.4 Å². The van der Waals surface area contributed by atoms with Crippen LogP contribution in [0.15, 0.2) is 42.7 Å². The van der Waals surface area contributed by atoms with E-state index in [2.05, 4.69) is 15.6 Å². The molecule has 5 heteroatoms. The van der Waals surface area contributed by atoms with Crippen LogP contribution in [0, 0.1) is 6.92 Å². The number of pyridine rings is 1. The summed E-state index contributed by atoms with van der Waals surface area (Å²) in [5, 5.41) is 5.85. The SMILES string of the molecule is CC[C@H](C)NC(=O)c1ccc(NC(=O)CCc2ccncc2)c(C)c1. The summed E-state index contributed by atoms with van der Waals surface area (Å²) < 4.78 is 0. The van der Waals surface area contributed by atoms with Gasteiger partial charge in [0.1, 0.15) is 0 Å². The standard InChI is InChI=1S/C20H25N3O2/c1-4-15(3)22-20(25)17-6-7-18(14(2)13-17)23-19(24)8-5-16-9-11-21-12-10-16/h6-7,9-13,15H,4-5,8H2,1-3H3,(H,22,25)(H,23,24)/t15-/m0/s1. The Morgan fingerprint density at radius 3 is 2.52 bits per heavy atom. The molecule has 1 heterocycles. The lowest BCUT2D eigenvalue weighted by atomic mass is 10.1. The van der Waals surface area contributed by atoms with Crippen molar-refractivity contribution in [2.24, 2.45) is 0 Å². The predicted octanol–water partition coefficient (Wildman–Crippen LogP) is 3.49. The molecule has 1 atom stereocenters. The smallest absolute Gasteiger partial charge is 0.251 e. The van der Waals surface area contributed by atoms with Gasteiger partial charge in [0.05, 0.1) is 0 Å². The second-order valence-corrected chi connectivity index (χ2v) is 6.22. The average molecular weight is 339 g/mol. The third-order valence-electron chi connectivity index (χ3n) is 4.14. The number of nitrogens with zero attached hydrogens (tertiary/aromatic N) is 1. The first-order valence-electron chi connectivity index (χ1n) is 8.60. The Morgan fingerprint density at radius 2 is 1.88 bits per heavy atom. The van der Waals surface area contributed by atoms with E-state index < -0.39 is 0 Å². The average Bonchev–Trinajstić information content (AvgIpc) is 2.62. The minimum absolute atomic E-state index is 0.0447. The first-order valence-corrected chi connectivity index (χ1v) is 8.60. The van der Waals surface area contributed by atoms with E-state index in [1.165, 1.54) is 0 Å². The molecule has 0 radical (unpaired) electrons. The second-order valence-electron chi connectivity index (χ2n) is 6.22. The van der Waals surface area contributed by atoms with E-state index in [1.54, 1.807) is 30.6 Å². The van der Waals surface area contributed by atoms with Crippen LogP contribution in [0.1, 0.15) is 48.2 Å². The van der Waals surface area contributed by atoms with Crippen molar-refractivity contribution in [3.05, 3.63) is 59.4 Å². The van der Waals surface area contributed by atoms with E-state index in [-0.39, 0.29) is 17.9 Å². The highest BCUT2D eigenvalue weighted by molar-refractivity contribution is 5.96. The normalized spacial score (nSPS) is 11.6. The maximum atomic E-state index is 12.2. The topological polar surface area (TPSA) is 71.1 Å². The molecule has 1 aromatic carbocycles. The van der Waals surface area contributed by atoms with E-state index >= 15 is 0 Å². The van der Waals surface area contributed by atoms with Crippen molar-refractivity contribution in [3.63, 3.8) is 0 Å². The minimum atomic E-state index is -0.0898. The lowest BCUT2D eigenvalue weighted by Crippen LogP contribution is -2.31. The second kappa shape index (κ2) is 8.97. The van der Waals surface area contributed by atoms with Crippen LogP contribution in [0.25, 0.3) is 0 Å². The van der Waals surface area contributed by atoms with Crippen LogP contribution in [0.3, 0.4) is 0 Å². The zero-order chi connectivity index (χ0) is 18.2. The van der Waals surface area contributed by atoms with Gasteiger partial charge < -0.3 is 10.6 Å². The highest BCUT2D eigenvalue weighted by Gasteiger charge is 2.11. The van der Waals surface area contributed by atoms with E-state index in [4.69, 9.17) is 0 Å². The van der Waals surface area contributed by atoms with Crippen molar-refractivity contribution in [1.82, 2.24) is 10.3 Å². The van der Waals surface area contributed by atoms with Gasteiger partial charge in [-0.25, -0.2) is 0 Å². The van der Waals surface area contributed by atoms with Gasteiger partial charge in [-0.1, -0.05) is 6.92 Å². The van der Waals surface area contributed by atoms with Crippen molar-refractivity contribution >= 4 is 17.5 Å². The fourth-order valence-electron chi connectivity index (χ4n) is 2.37. The summed E-state index contributed by atoms with van der Waals surface area (Å²) in [5.74, 6) is -0.135. The van der Waals surface area contributed by atoms with Gasteiger partial charge in [-0.05, 0) is 68.1 Å². The van der Waals surface area contributed by atoms with Crippen LogP contribution < -0.4 is 10.6 Å². The maximum Gasteiger partial charge on any atom is 0.251 e. The van der Waals surface area contributed by atoms with Gasteiger partial charge in [0.2, 0.25) is 5.91 Å². The van der Waals surface area contributed by atoms with Gasteiger partial charge in [-0.3, -0.25) is 14.6 Å². The predicted molar refractivity (Wildman–Crippen MR) is 99.6 cm³/mol. The molecule has 132 valence electrons. The van der Waals surface area contributed by atoms with Crippen LogP contribution in [-0.2, 0) is 11.2 Å². The number of aromatic nitrogens is 1. The molecule has 0 fully saturated rings. The lowest BCUT2D eigenvalue weighted by Gasteiger charge is -2.13. The molecule has 0 unspecified atom stereocenters. The summed E-state index contributed by atoms with van der Waals surface area (Å²) in [6.45, 7) is 5.89.